The Labute approximate surface area is 229 Å². The van der Waals surface area contributed by atoms with Gasteiger partial charge < -0.3 is 28.7 Å². The number of nitrogens with zero attached hydrogens (tertiary/aromatic N) is 2. The van der Waals surface area contributed by atoms with Crippen molar-refractivity contribution in [2.45, 2.75) is 32.9 Å². The summed E-state index contributed by atoms with van der Waals surface area (Å²) >= 11 is 0. The van der Waals surface area contributed by atoms with Crippen LogP contribution < -0.4 is 18.9 Å². The van der Waals surface area contributed by atoms with Crippen molar-refractivity contribution in [3.05, 3.63) is 47.5 Å². The number of carbonyl (C=O) groups is 2. The van der Waals surface area contributed by atoms with Crippen LogP contribution in [-0.2, 0) is 14.8 Å². The molecule has 39 heavy (non-hydrogen) atoms. The minimum absolute atomic E-state index is 0.102. The lowest BCUT2D eigenvalue weighted by Gasteiger charge is -2.36. The van der Waals surface area contributed by atoms with Gasteiger partial charge in [-0.05, 0) is 50.2 Å². The highest BCUT2D eigenvalue weighted by molar-refractivity contribution is 7.92. The molecule has 2 aromatic carbocycles. The molecular formula is C27H35N3O8S. The van der Waals surface area contributed by atoms with E-state index in [0.29, 0.717) is 23.6 Å². The van der Waals surface area contributed by atoms with Crippen LogP contribution in [0.1, 0.15) is 41.5 Å². The van der Waals surface area contributed by atoms with E-state index in [1.54, 1.807) is 49.4 Å². The van der Waals surface area contributed by atoms with Crippen LogP contribution in [0.5, 0.6) is 17.2 Å². The molecule has 2 aromatic rings. The molecule has 0 radical (unpaired) electrons. The number of hydrogen-bond acceptors (Lipinski definition) is 8. The lowest BCUT2D eigenvalue weighted by Crippen LogP contribution is -2.48. The molecule has 212 valence electrons. The number of hydrogen-bond donors (Lipinski definition) is 1. The first-order valence-electron chi connectivity index (χ1n) is 12.8. The number of benzene rings is 2. The van der Waals surface area contributed by atoms with Crippen LogP contribution in [0.4, 0.5) is 5.69 Å². The lowest BCUT2D eigenvalue weighted by molar-refractivity contribution is 0.0111. The number of likely N-dealkylation sites (N-methyl/N-ethyl adjacent to an activating group) is 1. The van der Waals surface area contributed by atoms with Crippen molar-refractivity contribution in [3.8, 4) is 17.2 Å². The maximum Gasteiger partial charge on any atom is 0.257 e. The molecule has 0 unspecified atom stereocenters. The molecule has 1 N–H and O–H groups in total. The van der Waals surface area contributed by atoms with Crippen LogP contribution in [-0.4, -0.2) is 88.6 Å². The van der Waals surface area contributed by atoms with Gasteiger partial charge >= 0.3 is 0 Å². The van der Waals surface area contributed by atoms with Gasteiger partial charge in [0.1, 0.15) is 12.4 Å². The van der Waals surface area contributed by atoms with E-state index in [-0.39, 0.29) is 72.6 Å². The molecule has 2 heterocycles. The summed E-state index contributed by atoms with van der Waals surface area (Å²) in [4.78, 5) is 30.5. The van der Waals surface area contributed by atoms with Crippen molar-refractivity contribution in [1.29, 1.82) is 0 Å². The van der Waals surface area contributed by atoms with Gasteiger partial charge in [-0.15, -0.1) is 0 Å². The van der Waals surface area contributed by atoms with Crippen LogP contribution >= 0.6 is 0 Å². The molecule has 3 atom stereocenters. The summed E-state index contributed by atoms with van der Waals surface area (Å²) in [5.74, 6) is 0.630. The van der Waals surface area contributed by atoms with Gasteiger partial charge in [0.2, 0.25) is 16.8 Å². The Bertz CT molecular complexity index is 1330. The molecule has 2 aliphatic rings. The molecule has 12 heteroatoms. The van der Waals surface area contributed by atoms with Crippen LogP contribution in [0.3, 0.4) is 0 Å². The lowest BCUT2D eigenvalue weighted by atomic mass is 10.0. The Morgan fingerprint density at radius 1 is 1.05 bits per heavy atom. The second-order valence-electron chi connectivity index (χ2n) is 9.84. The molecule has 0 spiro atoms. The minimum Gasteiger partial charge on any atom is -0.491 e. The molecule has 2 amide bonds. The average Bonchev–Trinajstić information content (AvgIpc) is 3.40. The van der Waals surface area contributed by atoms with Crippen molar-refractivity contribution >= 4 is 27.5 Å². The number of carbonyl (C=O) groups excluding carboxylic acids is 2. The van der Waals surface area contributed by atoms with E-state index in [9.17, 15) is 18.0 Å². The molecule has 4 rings (SSSR count). The van der Waals surface area contributed by atoms with Gasteiger partial charge in [-0.1, -0.05) is 6.92 Å². The van der Waals surface area contributed by atoms with E-state index in [2.05, 4.69) is 4.72 Å². The molecule has 0 aliphatic carbocycles. The number of ether oxygens (including phenoxy) is 4. The molecule has 0 bridgehead atoms. The number of amides is 2. The fourth-order valence-electron chi connectivity index (χ4n) is 4.57. The van der Waals surface area contributed by atoms with Gasteiger partial charge in [0.05, 0.1) is 23.5 Å². The Morgan fingerprint density at radius 2 is 1.77 bits per heavy atom. The number of methoxy groups -OCH3 is 1. The Balaban J connectivity index is 1.68. The minimum atomic E-state index is -3.54. The van der Waals surface area contributed by atoms with Crippen LogP contribution in [0, 0.1) is 5.92 Å². The summed E-state index contributed by atoms with van der Waals surface area (Å²) in [5, 5.41) is 0. The normalized spacial score (nSPS) is 21.9. The quantitative estimate of drug-likeness (QED) is 0.591. The number of nitrogens with one attached hydrogen (secondary N) is 1. The molecular weight excluding hydrogens is 526 g/mol. The largest absolute Gasteiger partial charge is 0.491 e. The van der Waals surface area contributed by atoms with Gasteiger partial charge in [-0.3, -0.25) is 14.3 Å². The van der Waals surface area contributed by atoms with Crippen molar-refractivity contribution in [2.24, 2.45) is 5.92 Å². The Morgan fingerprint density at radius 3 is 2.49 bits per heavy atom. The number of fused-ring (bicyclic) bond motifs is 2. The molecule has 0 saturated carbocycles. The Hall–Kier alpha value is -3.51. The fourth-order valence-corrected chi connectivity index (χ4v) is 5.20. The van der Waals surface area contributed by atoms with E-state index in [1.165, 1.54) is 17.9 Å². The van der Waals surface area contributed by atoms with Gasteiger partial charge in [0, 0.05) is 44.4 Å². The van der Waals surface area contributed by atoms with Crippen LogP contribution in [0.2, 0.25) is 0 Å². The summed E-state index contributed by atoms with van der Waals surface area (Å²) < 4.78 is 49.4. The predicted octanol–water partition coefficient (Wildman–Crippen LogP) is 2.82. The van der Waals surface area contributed by atoms with E-state index in [0.717, 1.165) is 0 Å². The van der Waals surface area contributed by atoms with Gasteiger partial charge in [-0.2, -0.15) is 0 Å². The van der Waals surface area contributed by atoms with E-state index < -0.39 is 10.0 Å². The summed E-state index contributed by atoms with van der Waals surface area (Å²) in [6.07, 6.45) is -0.372. The van der Waals surface area contributed by atoms with E-state index in [1.807, 2.05) is 13.8 Å². The first-order chi connectivity index (χ1) is 18.5. The number of anilines is 1. The smallest absolute Gasteiger partial charge is 0.257 e. The third kappa shape index (κ3) is 6.39. The third-order valence-electron chi connectivity index (χ3n) is 6.98. The summed E-state index contributed by atoms with van der Waals surface area (Å²) in [7, 11) is -0.315. The monoisotopic (exact) mass is 561 g/mol. The van der Waals surface area contributed by atoms with Crippen molar-refractivity contribution in [1.82, 2.24) is 9.80 Å². The maximum absolute atomic E-state index is 13.7. The van der Waals surface area contributed by atoms with Crippen molar-refractivity contribution in [2.75, 3.05) is 51.1 Å². The van der Waals surface area contributed by atoms with Gasteiger partial charge in [0.15, 0.2) is 11.5 Å². The van der Waals surface area contributed by atoms with Crippen molar-refractivity contribution < 1.29 is 37.0 Å². The molecule has 2 aliphatic heterocycles. The highest BCUT2D eigenvalue weighted by atomic mass is 32.2. The maximum atomic E-state index is 13.7. The van der Waals surface area contributed by atoms with Crippen molar-refractivity contribution in [3.63, 3.8) is 0 Å². The van der Waals surface area contributed by atoms with Gasteiger partial charge in [0.25, 0.3) is 11.8 Å². The zero-order chi connectivity index (χ0) is 28.3. The number of sulfonamides is 1. The second-order valence-corrected chi connectivity index (χ2v) is 11.9. The molecule has 0 saturated heterocycles. The summed E-state index contributed by atoms with van der Waals surface area (Å²) in [6, 6.07) is 9.31. The third-order valence-corrected chi connectivity index (χ3v) is 8.29. The topological polar surface area (TPSA) is 124 Å². The predicted molar refractivity (Wildman–Crippen MR) is 145 cm³/mol. The second kappa shape index (κ2) is 11.7. The summed E-state index contributed by atoms with van der Waals surface area (Å²) in [5.41, 5.74) is 0.926. The SMILES string of the molecule is CCS(=O)(=O)Nc1ccc2c(c1)C(=O)N(C)C[C@H](OC)[C@@H](C)CN(C(=O)c1ccc3c(c1)OCO3)[C@H](C)CO2. The summed E-state index contributed by atoms with van der Waals surface area (Å²) in [6.45, 7) is 6.21. The zero-order valence-corrected chi connectivity index (χ0v) is 23.6. The fraction of sp³-hybridized carbons (Fsp3) is 0.481. The first-order valence-corrected chi connectivity index (χ1v) is 14.4. The van der Waals surface area contributed by atoms with Gasteiger partial charge in [-0.25, -0.2) is 8.42 Å². The first kappa shape index (κ1) is 28.5. The van der Waals surface area contributed by atoms with E-state index in [4.69, 9.17) is 18.9 Å². The average molecular weight is 562 g/mol. The number of rotatable bonds is 5. The molecule has 11 nitrogen and oxygen atoms in total. The highest BCUT2D eigenvalue weighted by Crippen LogP contribution is 2.33. The molecule has 0 aromatic heterocycles. The zero-order valence-electron chi connectivity index (χ0n) is 22.8. The van der Waals surface area contributed by atoms with Crippen LogP contribution in [0.15, 0.2) is 36.4 Å². The standard InChI is InChI=1S/C27H35N3O8S/c1-6-39(33,34)28-20-8-10-22-21(12-20)27(32)29(4)14-25(35-5)17(2)13-30(18(3)15-36-22)26(31)19-7-9-23-24(11-19)38-16-37-23/h7-12,17-18,25,28H,6,13-16H2,1-5H3/t17-,18+,25-/m0/s1. The molecule has 0 fully saturated rings. The van der Waals surface area contributed by atoms with Crippen LogP contribution in [0.25, 0.3) is 0 Å². The Kier molecular flexibility index (Phi) is 8.55. The van der Waals surface area contributed by atoms with E-state index >= 15 is 0 Å². The highest BCUT2D eigenvalue weighted by Gasteiger charge is 2.31.